The van der Waals surface area contributed by atoms with Crippen molar-refractivity contribution >= 4 is 34.9 Å². The first kappa shape index (κ1) is 22.5. The fourth-order valence-corrected chi connectivity index (χ4v) is 4.07. The predicted molar refractivity (Wildman–Crippen MR) is 140 cm³/mol. The number of nitrogens with two attached hydrogens (primary N) is 1. The maximum absolute atomic E-state index is 5.79. The van der Waals surface area contributed by atoms with Crippen molar-refractivity contribution in [3.63, 3.8) is 0 Å². The van der Waals surface area contributed by atoms with Gasteiger partial charge in [-0.25, -0.2) is 19.9 Å². The molecule has 10 nitrogen and oxygen atoms in total. The highest BCUT2D eigenvalue weighted by molar-refractivity contribution is 6.09. The molecular formula is C25H28N10. The average molecular weight is 469 g/mol. The van der Waals surface area contributed by atoms with Crippen molar-refractivity contribution in [3.05, 3.63) is 66.9 Å². The number of allylic oxidation sites excluding steroid dienone is 1. The van der Waals surface area contributed by atoms with Crippen LogP contribution in [-0.4, -0.2) is 75.7 Å². The number of rotatable bonds is 6. The van der Waals surface area contributed by atoms with E-state index >= 15 is 0 Å². The van der Waals surface area contributed by atoms with Crippen LogP contribution in [0.1, 0.15) is 5.56 Å². The van der Waals surface area contributed by atoms with E-state index in [0.717, 1.165) is 65.9 Å². The number of hydrogen-bond donors (Lipinski definition) is 2. The van der Waals surface area contributed by atoms with E-state index < -0.39 is 0 Å². The van der Waals surface area contributed by atoms with Crippen LogP contribution < -0.4 is 16.0 Å². The van der Waals surface area contributed by atoms with Crippen molar-refractivity contribution in [2.75, 3.05) is 50.5 Å². The third kappa shape index (κ3) is 4.82. The lowest BCUT2D eigenvalue weighted by Gasteiger charge is -2.33. The molecule has 0 aromatic carbocycles. The molecule has 5 rings (SSSR count). The summed E-state index contributed by atoms with van der Waals surface area (Å²) in [6, 6.07) is 9.82. The maximum atomic E-state index is 5.79. The highest BCUT2D eigenvalue weighted by atomic mass is 15.3. The van der Waals surface area contributed by atoms with Crippen molar-refractivity contribution in [1.82, 2.24) is 29.2 Å². The Kier molecular flexibility index (Phi) is 6.36. The van der Waals surface area contributed by atoms with Gasteiger partial charge in [-0.15, -0.1) is 0 Å². The zero-order chi connectivity index (χ0) is 24.2. The summed E-state index contributed by atoms with van der Waals surface area (Å²) in [5.74, 6) is 1.47. The monoisotopic (exact) mass is 468 g/mol. The molecule has 0 saturated carbocycles. The van der Waals surface area contributed by atoms with Crippen molar-refractivity contribution in [3.8, 4) is 11.4 Å². The first-order valence-corrected chi connectivity index (χ1v) is 11.5. The van der Waals surface area contributed by atoms with Gasteiger partial charge in [-0.2, -0.15) is 0 Å². The van der Waals surface area contributed by atoms with Gasteiger partial charge in [-0.1, -0.05) is 0 Å². The molecule has 1 aliphatic heterocycles. The summed E-state index contributed by atoms with van der Waals surface area (Å²) in [5, 5.41) is 3.26. The summed E-state index contributed by atoms with van der Waals surface area (Å²) < 4.78 is 1.99. The zero-order valence-corrected chi connectivity index (χ0v) is 19.8. The number of imidazole rings is 1. The maximum Gasteiger partial charge on any atom is 0.227 e. The average Bonchev–Trinajstić information content (AvgIpc) is 3.32. The molecule has 1 aliphatic rings. The number of piperazine rings is 1. The molecule has 0 unspecified atom stereocenters. The highest BCUT2D eigenvalue weighted by Gasteiger charge is 2.15. The summed E-state index contributed by atoms with van der Waals surface area (Å²) in [5.41, 5.74) is 10.8. The number of likely N-dealkylation sites (N-methyl/N-ethyl adjacent to an activating group) is 1. The van der Waals surface area contributed by atoms with E-state index in [9.17, 15) is 0 Å². The fourth-order valence-electron chi connectivity index (χ4n) is 4.07. The van der Waals surface area contributed by atoms with Crippen LogP contribution in [0.2, 0.25) is 0 Å². The third-order valence-electron chi connectivity index (χ3n) is 6.04. The SMILES string of the molecule is CN=C/C(=C\N)c1ccc2ncc(-c3ccnc(Nc4ccc(N5CCN(C)CC5)nc4)n3)n2c1. The second-order valence-corrected chi connectivity index (χ2v) is 8.38. The van der Waals surface area contributed by atoms with Crippen molar-refractivity contribution in [2.24, 2.45) is 10.7 Å². The summed E-state index contributed by atoms with van der Waals surface area (Å²) >= 11 is 0. The number of nitrogens with zero attached hydrogens (tertiary/aromatic N) is 8. The first-order valence-electron chi connectivity index (χ1n) is 11.5. The van der Waals surface area contributed by atoms with Gasteiger partial charge in [0.05, 0.1) is 29.5 Å². The Hall–Kier alpha value is -4.31. The first-order chi connectivity index (χ1) is 17.1. The lowest BCUT2D eigenvalue weighted by Crippen LogP contribution is -2.44. The molecule has 4 aromatic heterocycles. The Morgan fingerprint density at radius 1 is 1.03 bits per heavy atom. The van der Waals surface area contributed by atoms with Crippen LogP contribution >= 0.6 is 0 Å². The molecule has 0 amide bonds. The quantitative estimate of drug-likeness (QED) is 0.415. The number of pyridine rings is 2. The summed E-state index contributed by atoms with van der Waals surface area (Å²) in [6.07, 6.45) is 10.6. The van der Waals surface area contributed by atoms with E-state index in [1.54, 1.807) is 31.9 Å². The molecule has 5 heterocycles. The van der Waals surface area contributed by atoms with Crippen molar-refractivity contribution in [2.45, 2.75) is 0 Å². The number of aromatic nitrogens is 5. The molecule has 0 aliphatic carbocycles. The smallest absolute Gasteiger partial charge is 0.227 e. The standard InChI is InChI=1S/C25H28N10/c1-27-14-19(13-26)18-3-5-24-30-16-22(35(24)17-18)21-7-8-28-25(32-21)31-20-4-6-23(29-15-20)34-11-9-33(2)10-12-34/h3-8,13-17H,9-12,26H2,1-2H3,(H,28,31,32)/b19-13+,27-14?. The summed E-state index contributed by atoms with van der Waals surface area (Å²) in [6.45, 7) is 4.05. The van der Waals surface area contributed by atoms with Crippen LogP contribution in [0, 0.1) is 0 Å². The molecule has 4 aromatic rings. The zero-order valence-electron chi connectivity index (χ0n) is 19.8. The van der Waals surface area contributed by atoms with E-state index in [2.05, 4.69) is 42.1 Å². The largest absolute Gasteiger partial charge is 0.404 e. The van der Waals surface area contributed by atoms with Gasteiger partial charge in [0, 0.05) is 69.2 Å². The highest BCUT2D eigenvalue weighted by Crippen LogP contribution is 2.23. The van der Waals surface area contributed by atoms with Crippen LogP contribution in [0.5, 0.6) is 0 Å². The van der Waals surface area contributed by atoms with Crippen molar-refractivity contribution < 1.29 is 0 Å². The Labute approximate surface area is 203 Å². The normalized spacial score (nSPS) is 15.3. The van der Waals surface area contributed by atoms with E-state index in [-0.39, 0.29) is 0 Å². The Morgan fingerprint density at radius 3 is 2.63 bits per heavy atom. The molecule has 0 atom stereocenters. The van der Waals surface area contributed by atoms with E-state index in [4.69, 9.17) is 10.7 Å². The van der Waals surface area contributed by atoms with Gasteiger partial charge < -0.3 is 20.9 Å². The second kappa shape index (κ2) is 9.90. The minimum absolute atomic E-state index is 0.489. The Balaban J connectivity index is 1.37. The molecule has 1 saturated heterocycles. The van der Waals surface area contributed by atoms with Crippen LogP contribution in [0.15, 0.2) is 66.3 Å². The van der Waals surface area contributed by atoms with Gasteiger partial charge in [-0.05, 0) is 37.4 Å². The van der Waals surface area contributed by atoms with Gasteiger partial charge in [0.2, 0.25) is 5.95 Å². The lowest BCUT2D eigenvalue weighted by atomic mass is 10.1. The number of anilines is 3. The molecule has 178 valence electrons. The Bertz CT molecular complexity index is 1360. The van der Waals surface area contributed by atoms with E-state index in [1.165, 1.54) is 0 Å². The molecular weight excluding hydrogens is 440 g/mol. The molecule has 3 N–H and O–H groups in total. The minimum Gasteiger partial charge on any atom is -0.404 e. The van der Waals surface area contributed by atoms with Crippen LogP contribution in [0.3, 0.4) is 0 Å². The topological polar surface area (TPSA) is 113 Å². The number of fused-ring (bicyclic) bond motifs is 1. The summed E-state index contributed by atoms with van der Waals surface area (Å²) in [4.78, 5) is 27.0. The number of nitrogens with one attached hydrogen (secondary N) is 1. The van der Waals surface area contributed by atoms with Crippen LogP contribution in [-0.2, 0) is 0 Å². The van der Waals surface area contributed by atoms with Gasteiger partial charge in [-0.3, -0.25) is 9.39 Å². The van der Waals surface area contributed by atoms with Crippen LogP contribution in [0.4, 0.5) is 17.5 Å². The van der Waals surface area contributed by atoms with Gasteiger partial charge in [0.25, 0.3) is 0 Å². The lowest BCUT2D eigenvalue weighted by molar-refractivity contribution is 0.312. The van der Waals surface area contributed by atoms with Gasteiger partial charge in [0.15, 0.2) is 0 Å². The van der Waals surface area contributed by atoms with E-state index in [1.807, 2.05) is 47.1 Å². The molecule has 0 radical (unpaired) electrons. The number of hydrogen-bond acceptors (Lipinski definition) is 9. The Morgan fingerprint density at radius 2 is 1.89 bits per heavy atom. The number of aliphatic imine (C=N–C) groups is 1. The third-order valence-corrected chi connectivity index (χ3v) is 6.04. The molecule has 35 heavy (non-hydrogen) atoms. The molecule has 0 bridgehead atoms. The fraction of sp³-hybridized carbons (Fsp3) is 0.240. The van der Waals surface area contributed by atoms with Gasteiger partial charge >= 0.3 is 0 Å². The van der Waals surface area contributed by atoms with Crippen molar-refractivity contribution in [1.29, 1.82) is 0 Å². The molecule has 1 fully saturated rings. The van der Waals surface area contributed by atoms with Gasteiger partial charge in [0.1, 0.15) is 11.5 Å². The predicted octanol–water partition coefficient (Wildman–Crippen LogP) is 2.68. The summed E-state index contributed by atoms with van der Waals surface area (Å²) in [7, 11) is 3.86. The molecule has 10 heteroatoms. The van der Waals surface area contributed by atoms with E-state index in [0.29, 0.717) is 5.95 Å². The van der Waals surface area contributed by atoms with Crippen LogP contribution in [0.25, 0.3) is 22.6 Å². The minimum atomic E-state index is 0.489. The second-order valence-electron chi connectivity index (χ2n) is 8.38. The molecule has 0 spiro atoms.